The topological polar surface area (TPSA) is 9.23 Å². The van der Waals surface area contributed by atoms with Gasteiger partial charge in [-0.15, -0.1) is 0 Å². The largest absolute Gasteiger partial charge is 0.380 e. The molecule has 0 saturated heterocycles. The first kappa shape index (κ1) is 22.7. The lowest BCUT2D eigenvalue weighted by Crippen LogP contribution is -2.40. The molecule has 162 valence electrons. The van der Waals surface area contributed by atoms with Crippen LogP contribution in [-0.2, 0) is 4.43 Å². The Morgan fingerprint density at radius 2 is 0.938 bits per heavy atom. The Morgan fingerprint density at radius 1 is 0.562 bits per heavy atom. The van der Waals surface area contributed by atoms with Gasteiger partial charge in [0.2, 0.25) is 0 Å². The van der Waals surface area contributed by atoms with Gasteiger partial charge in [-0.3, -0.25) is 0 Å². The number of benzene rings is 4. The number of hydrogen-bond acceptors (Lipinski definition) is 1. The molecule has 0 saturated carbocycles. The molecule has 1 nitrogen and oxygen atoms in total. The SMILES string of the molecule is Cc1ccc(C(O[Si](C)(C)C)[P+](c2ccccc2)(c2ccccc2)c2ccccc2)cc1. The minimum Gasteiger partial charge on any atom is -0.380 e. The zero-order valence-corrected chi connectivity index (χ0v) is 21.3. The van der Waals surface area contributed by atoms with E-state index >= 15 is 0 Å². The molecular formula is C29H32OPSi+. The molecule has 32 heavy (non-hydrogen) atoms. The van der Waals surface area contributed by atoms with Crippen LogP contribution in [0.25, 0.3) is 0 Å². The predicted molar refractivity (Wildman–Crippen MR) is 143 cm³/mol. The van der Waals surface area contributed by atoms with Crippen molar-refractivity contribution < 1.29 is 4.43 Å². The highest BCUT2D eigenvalue weighted by atomic mass is 31.2. The Labute approximate surface area is 194 Å². The molecule has 0 fully saturated rings. The van der Waals surface area contributed by atoms with E-state index in [1.807, 2.05) is 0 Å². The summed E-state index contributed by atoms with van der Waals surface area (Å²) in [6.45, 7) is 9.03. The number of hydrogen-bond donors (Lipinski definition) is 0. The highest BCUT2D eigenvalue weighted by Crippen LogP contribution is 2.67. The molecule has 0 N–H and O–H groups in total. The molecule has 4 aromatic carbocycles. The van der Waals surface area contributed by atoms with Gasteiger partial charge >= 0.3 is 0 Å². The molecule has 0 spiro atoms. The van der Waals surface area contributed by atoms with Gasteiger partial charge in [0, 0.05) is 5.56 Å². The quantitative estimate of drug-likeness (QED) is 0.219. The molecule has 0 aromatic heterocycles. The van der Waals surface area contributed by atoms with Crippen LogP contribution in [0, 0.1) is 6.92 Å². The number of rotatable bonds is 7. The first-order chi connectivity index (χ1) is 15.4. The van der Waals surface area contributed by atoms with E-state index in [4.69, 9.17) is 4.43 Å². The highest BCUT2D eigenvalue weighted by Gasteiger charge is 2.55. The van der Waals surface area contributed by atoms with Crippen molar-refractivity contribution in [2.75, 3.05) is 0 Å². The van der Waals surface area contributed by atoms with E-state index < -0.39 is 15.6 Å². The van der Waals surface area contributed by atoms with Crippen LogP contribution < -0.4 is 15.9 Å². The molecule has 0 aliphatic heterocycles. The van der Waals surface area contributed by atoms with Gasteiger partial charge in [-0.25, -0.2) is 0 Å². The summed E-state index contributed by atoms with van der Waals surface area (Å²) in [6.07, 6.45) is 0. The first-order valence-corrected chi connectivity index (χ1v) is 16.5. The van der Waals surface area contributed by atoms with Crippen LogP contribution >= 0.6 is 7.26 Å². The third-order valence-electron chi connectivity index (χ3n) is 5.67. The van der Waals surface area contributed by atoms with E-state index in [1.165, 1.54) is 27.0 Å². The molecule has 0 heterocycles. The van der Waals surface area contributed by atoms with E-state index in [2.05, 4.69) is 142 Å². The van der Waals surface area contributed by atoms with E-state index in [0.29, 0.717) is 0 Å². The molecule has 0 aliphatic carbocycles. The highest BCUT2D eigenvalue weighted by molar-refractivity contribution is 7.95. The minimum atomic E-state index is -2.18. The Kier molecular flexibility index (Phi) is 6.76. The maximum atomic E-state index is 7.18. The standard InChI is InChI=1S/C29H32OPSi/c1-24-20-22-25(23-21-24)29(30-32(2,3)4)31(26-14-8-5-9-15-26,27-16-10-6-11-17-27)28-18-12-7-13-19-28/h5-23,29H,1-4H3/q+1. The van der Waals surface area contributed by atoms with Crippen LogP contribution in [0.1, 0.15) is 17.0 Å². The fourth-order valence-electron chi connectivity index (χ4n) is 4.28. The van der Waals surface area contributed by atoms with Gasteiger partial charge in [0.15, 0.2) is 14.2 Å². The van der Waals surface area contributed by atoms with Crippen LogP contribution in [0.3, 0.4) is 0 Å². The predicted octanol–water partition coefficient (Wildman–Crippen LogP) is 6.84. The van der Waals surface area contributed by atoms with E-state index in [0.717, 1.165) is 0 Å². The molecule has 0 aliphatic rings. The van der Waals surface area contributed by atoms with Crippen molar-refractivity contribution in [1.29, 1.82) is 0 Å². The Bertz CT molecular complexity index is 1020. The third kappa shape index (κ3) is 4.64. The fraction of sp³-hybridized carbons (Fsp3) is 0.172. The summed E-state index contributed by atoms with van der Waals surface area (Å²) < 4.78 is 7.18. The van der Waals surface area contributed by atoms with E-state index in [9.17, 15) is 0 Å². The van der Waals surface area contributed by atoms with Crippen LogP contribution in [0.5, 0.6) is 0 Å². The molecule has 3 heteroatoms. The summed E-state index contributed by atoms with van der Waals surface area (Å²) in [5.41, 5.74) is 2.52. The summed E-state index contributed by atoms with van der Waals surface area (Å²) in [7, 11) is -4.08. The number of aryl methyl sites for hydroxylation is 1. The van der Waals surface area contributed by atoms with Gasteiger partial charge in [0.05, 0.1) is 0 Å². The third-order valence-corrected chi connectivity index (χ3v) is 11.3. The summed E-state index contributed by atoms with van der Waals surface area (Å²) in [6, 6.07) is 42.0. The average molecular weight is 456 g/mol. The summed E-state index contributed by atoms with van der Waals surface area (Å²) in [5.74, 6) is -0.0537. The second-order valence-electron chi connectivity index (χ2n) is 9.22. The second-order valence-corrected chi connectivity index (χ2v) is 17.1. The summed E-state index contributed by atoms with van der Waals surface area (Å²) in [4.78, 5) is 0. The monoisotopic (exact) mass is 455 g/mol. The maximum absolute atomic E-state index is 7.18. The second kappa shape index (κ2) is 9.54. The minimum absolute atomic E-state index is 0.0537. The summed E-state index contributed by atoms with van der Waals surface area (Å²) >= 11 is 0. The molecule has 1 unspecified atom stereocenters. The molecule has 4 rings (SSSR count). The van der Waals surface area contributed by atoms with E-state index in [1.54, 1.807) is 0 Å². The van der Waals surface area contributed by atoms with Crippen molar-refractivity contribution in [1.82, 2.24) is 0 Å². The smallest absolute Gasteiger partial charge is 0.197 e. The summed E-state index contributed by atoms with van der Waals surface area (Å²) in [5, 5.41) is 4.05. The molecule has 0 radical (unpaired) electrons. The Morgan fingerprint density at radius 3 is 1.28 bits per heavy atom. The lowest BCUT2D eigenvalue weighted by molar-refractivity contribution is 0.282. The van der Waals surface area contributed by atoms with Crippen LogP contribution in [0.2, 0.25) is 19.6 Å². The van der Waals surface area contributed by atoms with Crippen molar-refractivity contribution in [2.45, 2.75) is 32.4 Å². The zero-order valence-electron chi connectivity index (χ0n) is 19.4. The van der Waals surface area contributed by atoms with Gasteiger partial charge in [0.25, 0.3) is 0 Å². The van der Waals surface area contributed by atoms with Crippen LogP contribution in [0.4, 0.5) is 0 Å². The lowest BCUT2D eigenvalue weighted by Gasteiger charge is -2.37. The molecular weight excluding hydrogens is 423 g/mol. The van der Waals surface area contributed by atoms with Crippen molar-refractivity contribution >= 4 is 31.5 Å². The van der Waals surface area contributed by atoms with Crippen LogP contribution in [-0.4, -0.2) is 8.32 Å². The van der Waals surface area contributed by atoms with Crippen molar-refractivity contribution in [3.63, 3.8) is 0 Å². The molecule has 0 amide bonds. The van der Waals surface area contributed by atoms with Gasteiger partial charge < -0.3 is 4.43 Å². The van der Waals surface area contributed by atoms with Gasteiger partial charge in [-0.2, -0.15) is 0 Å². The van der Waals surface area contributed by atoms with Crippen LogP contribution in [0.15, 0.2) is 115 Å². The van der Waals surface area contributed by atoms with Gasteiger partial charge in [-0.05, 0) is 63.0 Å². The van der Waals surface area contributed by atoms with E-state index in [-0.39, 0.29) is 5.85 Å². The normalized spacial score (nSPS) is 13.0. The zero-order chi connectivity index (χ0) is 22.6. The van der Waals surface area contributed by atoms with Gasteiger partial charge in [-0.1, -0.05) is 84.4 Å². The molecule has 1 atom stereocenters. The Balaban J connectivity index is 2.11. The van der Waals surface area contributed by atoms with Gasteiger partial charge in [0.1, 0.15) is 23.2 Å². The van der Waals surface area contributed by atoms with Crippen molar-refractivity contribution in [3.05, 3.63) is 126 Å². The van der Waals surface area contributed by atoms with Crippen molar-refractivity contribution in [2.24, 2.45) is 0 Å². The Hall–Kier alpha value is -2.51. The average Bonchev–Trinajstić information content (AvgIpc) is 2.81. The fourth-order valence-corrected chi connectivity index (χ4v) is 10.9. The molecule has 0 bridgehead atoms. The lowest BCUT2D eigenvalue weighted by atomic mass is 10.2. The molecule has 4 aromatic rings. The van der Waals surface area contributed by atoms with Crippen molar-refractivity contribution in [3.8, 4) is 0 Å². The maximum Gasteiger partial charge on any atom is 0.197 e. The first-order valence-electron chi connectivity index (χ1n) is 11.2.